The number of aromatic nitrogens is 1. The van der Waals surface area contributed by atoms with Gasteiger partial charge in [0.05, 0.1) is 16.6 Å². The second-order valence-corrected chi connectivity index (χ2v) is 8.37. The van der Waals surface area contributed by atoms with Crippen LogP contribution in [0.4, 0.5) is 8.78 Å². The molecule has 2 heterocycles. The van der Waals surface area contributed by atoms with Gasteiger partial charge < -0.3 is 5.73 Å². The van der Waals surface area contributed by atoms with Crippen molar-refractivity contribution in [2.24, 2.45) is 5.73 Å². The number of carbonyl (C=O) groups excluding carboxylic acids is 2. The first-order chi connectivity index (χ1) is 15.3. The highest BCUT2D eigenvalue weighted by molar-refractivity contribution is 6.14. The number of hydrogen-bond acceptors (Lipinski definition) is 2. The van der Waals surface area contributed by atoms with Crippen molar-refractivity contribution in [1.82, 2.24) is 4.57 Å². The molecule has 1 unspecified atom stereocenters. The summed E-state index contributed by atoms with van der Waals surface area (Å²) in [6.45, 7) is 1.46. The van der Waals surface area contributed by atoms with E-state index in [4.69, 9.17) is 5.73 Å². The van der Waals surface area contributed by atoms with Crippen molar-refractivity contribution in [2.45, 2.75) is 24.7 Å². The third-order valence-corrected chi connectivity index (χ3v) is 6.32. The van der Waals surface area contributed by atoms with Crippen LogP contribution in [0, 0.1) is 0 Å². The van der Waals surface area contributed by atoms with Gasteiger partial charge in [0.1, 0.15) is 0 Å². The molecule has 1 aromatic heterocycles. The van der Waals surface area contributed by atoms with Crippen molar-refractivity contribution >= 4 is 22.7 Å². The molecule has 0 saturated heterocycles. The molecule has 2 N–H and O–H groups in total. The van der Waals surface area contributed by atoms with Gasteiger partial charge >= 0.3 is 5.92 Å². The number of rotatable bonds is 4. The molecule has 5 rings (SSSR count). The molecular weight excluding hydrogens is 410 g/mol. The van der Waals surface area contributed by atoms with E-state index in [-0.39, 0.29) is 0 Å². The van der Waals surface area contributed by atoms with Crippen LogP contribution in [0.3, 0.4) is 0 Å². The average Bonchev–Trinajstić information content (AvgIpc) is 3.13. The first-order valence-electron chi connectivity index (χ1n) is 10.3. The van der Waals surface area contributed by atoms with Crippen LogP contribution < -0.4 is 5.73 Å². The summed E-state index contributed by atoms with van der Waals surface area (Å²) in [5.74, 6) is -6.08. The monoisotopic (exact) mass is 430 g/mol. The zero-order valence-corrected chi connectivity index (χ0v) is 17.3. The van der Waals surface area contributed by atoms with Gasteiger partial charge in [0.2, 0.25) is 5.91 Å². The summed E-state index contributed by atoms with van der Waals surface area (Å²) in [6, 6.07) is 24.2. The summed E-state index contributed by atoms with van der Waals surface area (Å²) in [5.41, 5.74) is 7.56. The van der Waals surface area contributed by atoms with Gasteiger partial charge in [-0.3, -0.25) is 14.2 Å². The van der Waals surface area contributed by atoms with Gasteiger partial charge in [0, 0.05) is 22.9 Å². The van der Waals surface area contributed by atoms with E-state index < -0.39 is 29.6 Å². The van der Waals surface area contributed by atoms with Gasteiger partial charge in [-0.2, -0.15) is 8.78 Å². The summed E-state index contributed by atoms with van der Waals surface area (Å²) in [7, 11) is 0. The summed E-state index contributed by atoms with van der Waals surface area (Å²) >= 11 is 0. The van der Waals surface area contributed by atoms with Crippen LogP contribution in [0.25, 0.3) is 33.3 Å². The molecule has 1 amide bonds. The van der Waals surface area contributed by atoms with Crippen LogP contribution in [0.15, 0.2) is 78.9 Å². The first-order valence-corrected chi connectivity index (χ1v) is 10.3. The van der Waals surface area contributed by atoms with Gasteiger partial charge in [-0.05, 0) is 24.1 Å². The molecule has 1 aliphatic rings. The molecular formula is C26H20F2N2O2. The highest BCUT2D eigenvalue weighted by atomic mass is 19.3. The SMILES string of the molecule is CC1(CC(F)(F)C(N)=O)C(=O)n2c(c(-c3ccccc3)c3ccccc32)-c2ccccc21. The largest absolute Gasteiger partial charge is 0.364 e. The third-order valence-electron chi connectivity index (χ3n) is 6.32. The zero-order chi connectivity index (χ0) is 22.7. The van der Waals surface area contributed by atoms with Crippen LogP contribution in [0.5, 0.6) is 0 Å². The normalized spacial score (nSPS) is 17.8. The fourth-order valence-electron chi connectivity index (χ4n) is 4.84. The van der Waals surface area contributed by atoms with E-state index in [1.165, 1.54) is 11.5 Å². The number of alkyl halides is 2. The van der Waals surface area contributed by atoms with Crippen LogP contribution in [0.2, 0.25) is 0 Å². The Hall–Kier alpha value is -3.80. The van der Waals surface area contributed by atoms with E-state index in [2.05, 4.69) is 0 Å². The number of primary amides is 1. The van der Waals surface area contributed by atoms with E-state index in [1.807, 2.05) is 66.7 Å². The lowest BCUT2D eigenvalue weighted by Crippen LogP contribution is -2.48. The van der Waals surface area contributed by atoms with Crippen LogP contribution in [0.1, 0.15) is 23.7 Å². The summed E-state index contributed by atoms with van der Waals surface area (Å²) in [5, 5.41) is 0.850. The Morgan fingerprint density at radius 1 is 0.969 bits per heavy atom. The molecule has 0 spiro atoms. The van der Waals surface area contributed by atoms with Crippen molar-refractivity contribution in [3.63, 3.8) is 0 Å². The van der Waals surface area contributed by atoms with E-state index in [9.17, 15) is 18.4 Å². The minimum absolute atomic E-state index is 0.457. The van der Waals surface area contributed by atoms with Crippen molar-refractivity contribution < 1.29 is 18.4 Å². The summed E-state index contributed by atoms with van der Waals surface area (Å²) in [4.78, 5) is 25.4. The molecule has 4 nitrogen and oxygen atoms in total. The quantitative estimate of drug-likeness (QED) is 0.471. The Kier molecular flexibility index (Phi) is 4.31. The number of hydrogen-bond donors (Lipinski definition) is 1. The lowest BCUT2D eigenvalue weighted by atomic mass is 9.71. The van der Waals surface area contributed by atoms with E-state index >= 15 is 0 Å². The number of fused-ring (bicyclic) bond motifs is 5. The van der Waals surface area contributed by atoms with Crippen molar-refractivity contribution in [3.8, 4) is 22.4 Å². The lowest BCUT2D eigenvalue weighted by molar-refractivity contribution is -0.144. The Bertz CT molecular complexity index is 1390. The fraction of sp³-hybridized carbons (Fsp3) is 0.154. The standard InChI is InChI=1S/C26H20F2N2O2/c1-25(15-26(27,28)23(29)31)19-13-7-5-11-17(19)22-21(16-9-3-2-4-10-16)18-12-6-8-14-20(18)30(22)24(25)32/h2-14H,15H2,1H3,(H2,29,31). The summed E-state index contributed by atoms with van der Waals surface area (Å²) in [6.07, 6.45) is -1.00. The molecule has 1 aliphatic heterocycles. The predicted octanol–water partition coefficient (Wildman–Crippen LogP) is 5.40. The maximum Gasteiger partial charge on any atom is 0.325 e. The van der Waals surface area contributed by atoms with Gasteiger partial charge in [-0.25, -0.2) is 0 Å². The van der Waals surface area contributed by atoms with E-state index in [0.717, 1.165) is 16.5 Å². The number of benzene rings is 3. The highest BCUT2D eigenvalue weighted by Gasteiger charge is 2.52. The number of nitrogens with two attached hydrogens (primary N) is 1. The minimum atomic E-state index is -3.83. The second-order valence-electron chi connectivity index (χ2n) is 8.37. The molecule has 3 aromatic carbocycles. The van der Waals surface area contributed by atoms with Gasteiger partial charge in [-0.15, -0.1) is 0 Å². The van der Waals surface area contributed by atoms with Crippen LogP contribution in [-0.4, -0.2) is 22.3 Å². The zero-order valence-electron chi connectivity index (χ0n) is 17.3. The molecule has 0 radical (unpaired) electrons. The highest BCUT2D eigenvalue weighted by Crippen LogP contribution is 2.51. The van der Waals surface area contributed by atoms with Crippen molar-refractivity contribution in [3.05, 3.63) is 84.4 Å². The smallest absolute Gasteiger partial charge is 0.325 e. The average molecular weight is 430 g/mol. The Balaban J connectivity index is 1.88. The van der Waals surface area contributed by atoms with E-state index in [0.29, 0.717) is 22.3 Å². The molecule has 160 valence electrons. The fourth-order valence-corrected chi connectivity index (χ4v) is 4.84. The molecule has 0 bridgehead atoms. The number of para-hydroxylation sites is 1. The van der Waals surface area contributed by atoms with Gasteiger partial charge in [0.25, 0.3) is 5.91 Å². The molecule has 6 heteroatoms. The Labute approximate surface area is 183 Å². The lowest BCUT2D eigenvalue weighted by Gasteiger charge is -2.37. The number of amides is 1. The maximum atomic E-state index is 14.6. The number of halogens is 2. The molecule has 0 saturated carbocycles. The molecule has 1 atom stereocenters. The van der Waals surface area contributed by atoms with Crippen LogP contribution in [-0.2, 0) is 10.2 Å². The predicted molar refractivity (Wildman–Crippen MR) is 120 cm³/mol. The Morgan fingerprint density at radius 2 is 1.59 bits per heavy atom. The van der Waals surface area contributed by atoms with Crippen molar-refractivity contribution in [2.75, 3.05) is 0 Å². The minimum Gasteiger partial charge on any atom is -0.364 e. The topological polar surface area (TPSA) is 65.1 Å². The van der Waals surface area contributed by atoms with Gasteiger partial charge in [0.15, 0.2) is 0 Å². The summed E-state index contributed by atoms with van der Waals surface area (Å²) < 4.78 is 30.7. The molecule has 0 fully saturated rings. The molecule has 4 aromatic rings. The third kappa shape index (κ3) is 2.72. The van der Waals surface area contributed by atoms with Crippen molar-refractivity contribution in [1.29, 1.82) is 0 Å². The molecule has 32 heavy (non-hydrogen) atoms. The first kappa shape index (κ1) is 20.1. The molecule has 0 aliphatic carbocycles. The van der Waals surface area contributed by atoms with Gasteiger partial charge in [-0.1, -0.05) is 72.8 Å². The number of carbonyl (C=O) groups is 2. The number of nitrogens with zero attached hydrogens (tertiary/aromatic N) is 1. The van der Waals surface area contributed by atoms with Crippen LogP contribution >= 0.6 is 0 Å². The second kappa shape index (κ2) is 6.85. The Morgan fingerprint density at radius 3 is 2.31 bits per heavy atom. The maximum absolute atomic E-state index is 14.6. The van der Waals surface area contributed by atoms with E-state index in [1.54, 1.807) is 12.1 Å².